The second-order valence-electron chi connectivity index (χ2n) is 2.95. The summed E-state index contributed by atoms with van der Waals surface area (Å²) in [5.41, 5.74) is 0. The zero-order chi connectivity index (χ0) is 12.8. The zero-order valence-electron chi connectivity index (χ0n) is 9.50. The molecule has 3 nitrogen and oxygen atoms in total. The van der Waals surface area contributed by atoms with E-state index in [2.05, 4.69) is 23.7 Å². The molecule has 1 atom stereocenters. The van der Waals surface area contributed by atoms with Crippen molar-refractivity contribution in [1.82, 2.24) is 0 Å². The van der Waals surface area contributed by atoms with Crippen LogP contribution < -0.4 is 0 Å². The zero-order valence-corrected chi connectivity index (χ0v) is 9.50. The Hall–Kier alpha value is -1.78. The fraction of sp³-hybridized carbons (Fsp3) is 0.286. The van der Waals surface area contributed by atoms with E-state index >= 15 is 0 Å². The first-order chi connectivity index (χ1) is 8.31. The van der Waals surface area contributed by atoms with Gasteiger partial charge >= 0.3 is 0 Å². The molecule has 0 amide bonds. The molecule has 0 aromatic rings. The lowest BCUT2D eigenvalue weighted by molar-refractivity contribution is 0.170. The summed E-state index contributed by atoms with van der Waals surface area (Å²) in [4.78, 5) is 0. The van der Waals surface area contributed by atoms with E-state index in [1.54, 1.807) is 24.3 Å². The van der Waals surface area contributed by atoms with Crippen molar-refractivity contribution < 1.29 is 15.3 Å². The predicted octanol–water partition coefficient (Wildman–Crippen LogP) is 0.397. The second kappa shape index (κ2) is 12.3. The molecule has 0 spiro atoms. The first kappa shape index (κ1) is 15.2. The number of rotatable bonds is 5. The Morgan fingerprint density at radius 3 is 2.35 bits per heavy atom. The number of hydrogen-bond acceptors (Lipinski definition) is 3. The van der Waals surface area contributed by atoms with E-state index in [1.165, 1.54) is 12.2 Å². The van der Waals surface area contributed by atoms with Gasteiger partial charge in [-0.1, -0.05) is 36.1 Å². The molecule has 0 heterocycles. The lowest BCUT2D eigenvalue weighted by Gasteiger charge is -1.98. The normalized spacial score (nSPS) is 12.4. The molecule has 0 aliphatic rings. The summed E-state index contributed by atoms with van der Waals surface area (Å²) in [6.07, 6.45) is 9.28. The first-order valence-electron chi connectivity index (χ1n) is 5.20. The smallest absolute Gasteiger partial charge is 0.0745 e. The Morgan fingerprint density at radius 1 is 1.00 bits per heavy atom. The molecule has 0 bridgehead atoms. The Bertz CT molecular complexity index is 383. The number of aliphatic hydroxyl groups excluding tert-OH is 3. The summed E-state index contributed by atoms with van der Waals surface area (Å²) in [5.74, 6) is 10.5. The largest absolute Gasteiger partial charge is 0.396 e. The van der Waals surface area contributed by atoms with Gasteiger partial charge in [0.2, 0.25) is 0 Å². The van der Waals surface area contributed by atoms with Crippen LogP contribution in [0.5, 0.6) is 0 Å². The summed E-state index contributed by atoms with van der Waals surface area (Å²) < 4.78 is 0. The molecule has 0 fully saturated rings. The molecule has 17 heavy (non-hydrogen) atoms. The minimum Gasteiger partial charge on any atom is -0.396 e. The van der Waals surface area contributed by atoms with Crippen molar-refractivity contribution in [3.05, 3.63) is 36.5 Å². The molecule has 0 aromatic heterocycles. The molecule has 1 unspecified atom stereocenters. The van der Waals surface area contributed by atoms with E-state index in [4.69, 9.17) is 10.2 Å². The molecule has 0 saturated heterocycles. The second-order valence-corrected chi connectivity index (χ2v) is 2.95. The van der Waals surface area contributed by atoms with Crippen LogP contribution >= 0.6 is 0 Å². The summed E-state index contributed by atoms with van der Waals surface area (Å²) in [6, 6.07) is 0. The van der Waals surface area contributed by atoms with Crippen LogP contribution in [0.25, 0.3) is 0 Å². The van der Waals surface area contributed by atoms with Crippen LogP contribution in [0.4, 0.5) is 0 Å². The summed E-state index contributed by atoms with van der Waals surface area (Å²) in [5, 5.41) is 26.1. The van der Waals surface area contributed by atoms with Crippen LogP contribution in [-0.4, -0.2) is 34.6 Å². The van der Waals surface area contributed by atoms with E-state index < -0.39 is 6.10 Å². The Balaban J connectivity index is 3.90. The maximum absolute atomic E-state index is 9.21. The van der Waals surface area contributed by atoms with E-state index in [0.717, 1.165) is 0 Å². The van der Waals surface area contributed by atoms with Gasteiger partial charge in [0.15, 0.2) is 0 Å². The van der Waals surface area contributed by atoms with Gasteiger partial charge in [0, 0.05) is 6.61 Å². The summed E-state index contributed by atoms with van der Waals surface area (Å²) >= 11 is 0. The van der Waals surface area contributed by atoms with Crippen LogP contribution in [0.3, 0.4) is 0 Å². The maximum atomic E-state index is 9.21. The highest BCUT2D eigenvalue weighted by Gasteiger charge is 1.93. The van der Waals surface area contributed by atoms with Gasteiger partial charge in [-0.15, -0.1) is 0 Å². The lowest BCUT2D eigenvalue weighted by atomic mass is 10.2. The van der Waals surface area contributed by atoms with Crippen molar-refractivity contribution in [2.45, 2.75) is 12.5 Å². The van der Waals surface area contributed by atoms with Gasteiger partial charge in [-0.2, -0.15) is 0 Å². The fourth-order valence-electron chi connectivity index (χ4n) is 0.792. The monoisotopic (exact) mass is 232 g/mol. The number of hydrogen-bond donors (Lipinski definition) is 3. The molecule has 0 rings (SSSR count). The molecule has 0 radical (unpaired) electrons. The van der Waals surface area contributed by atoms with Crippen molar-refractivity contribution in [1.29, 1.82) is 0 Å². The third kappa shape index (κ3) is 12.2. The standard InChI is InChI=1S/C14H16O3/c15-12-9-7-5-3-1-2-4-6-8-10-14(17)11-13-16/h4,6-10,14-17H,11-13H2/b6-4+,9-7+,10-8+. The maximum Gasteiger partial charge on any atom is 0.0745 e. The minimum absolute atomic E-state index is 0.0248. The lowest BCUT2D eigenvalue weighted by Crippen LogP contribution is -2.03. The minimum atomic E-state index is -0.624. The molecular weight excluding hydrogens is 216 g/mol. The predicted molar refractivity (Wildman–Crippen MR) is 67.8 cm³/mol. The summed E-state index contributed by atoms with van der Waals surface area (Å²) in [6.45, 7) is -0.0606. The highest BCUT2D eigenvalue weighted by Crippen LogP contribution is 1.91. The van der Waals surface area contributed by atoms with E-state index in [0.29, 0.717) is 6.42 Å². The van der Waals surface area contributed by atoms with E-state index in [1.807, 2.05) is 0 Å². The van der Waals surface area contributed by atoms with Crippen molar-refractivity contribution >= 4 is 0 Å². The topological polar surface area (TPSA) is 60.7 Å². The Labute approximate surface area is 102 Å². The number of aliphatic hydroxyl groups is 3. The quantitative estimate of drug-likeness (QED) is 0.475. The van der Waals surface area contributed by atoms with Gasteiger partial charge in [-0.25, -0.2) is 0 Å². The van der Waals surface area contributed by atoms with Crippen LogP contribution in [0.1, 0.15) is 6.42 Å². The molecule has 0 aliphatic heterocycles. The SMILES string of the molecule is OC/C=C/C#CC#C/C=C/C=C/C(O)CCO. The highest BCUT2D eigenvalue weighted by atomic mass is 16.3. The van der Waals surface area contributed by atoms with Gasteiger partial charge in [-0.05, 0) is 30.4 Å². The molecule has 90 valence electrons. The van der Waals surface area contributed by atoms with Gasteiger partial charge in [0.25, 0.3) is 0 Å². The Morgan fingerprint density at radius 2 is 1.71 bits per heavy atom. The van der Waals surface area contributed by atoms with Gasteiger partial charge < -0.3 is 15.3 Å². The van der Waals surface area contributed by atoms with Crippen molar-refractivity contribution in [2.24, 2.45) is 0 Å². The van der Waals surface area contributed by atoms with Crippen LogP contribution in [0.15, 0.2) is 36.5 Å². The van der Waals surface area contributed by atoms with E-state index in [9.17, 15) is 5.11 Å². The van der Waals surface area contributed by atoms with E-state index in [-0.39, 0.29) is 13.2 Å². The highest BCUT2D eigenvalue weighted by molar-refractivity contribution is 5.34. The number of allylic oxidation sites excluding steroid dienone is 4. The van der Waals surface area contributed by atoms with Crippen LogP contribution in [-0.2, 0) is 0 Å². The van der Waals surface area contributed by atoms with Crippen molar-refractivity contribution in [3.63, 3.8) is 0 Å². The third-order valence-corrected chi connectivity index (χ3v) is 1.56. The van der Waals surface area contributed by atoms with Gasteiger partial charge in [0.1, 0.15) is 0 Å². The third-order valence-electron chi connectivity index (χ3n) is 1.56. The average molecular weight is 232 g/mol. The van der Waals surface area contributed by atoms with Crippen LogP contribution in [0.2, 0.25) is 0 Å². The molecule has 3 N–H and O–H groups in total. The van der Waals surface area contributed by atoms with Crippen molar-refractivity contribution in [3.8, 4) is 23.7 Å². The fourth-order valence-corrected chi connectivity index (χ4v) is 0.792. The van der Waals surface area contributed by atoms with Crippen molar-refractivity contribution in [2.75, 3.05) is 13.2 Å². The van der Waals surface area contributed by atoms with Crippen LogP contribution in [0, 0.1) is 23.7 Å². The molecule has 0 aliphatic carbocycles. The Kier molecular flexibility index (Phi) is 11.0. The molecule has 0 aromatic carbocycles. The molecule has 0 saturated carbocycles. The summed E-state index contributed by atoms with van der Waals surface area (Å²) in [7, 11) is 0. The molecular formula is C14H16O3. The van der Waals surface area contributed by atoms with Gasteiger partial charge in [0.05, 0.1) is 12.7 Å². The average Bonchev–Trinajstić information content (AvgIpc) is 2.32. The molecule has 3 heteroatoms. The first-order valence-corrected chi connectivity index (χ1v) is 5.20. The van der Waals surface area contributed by atoms with Gasteiger partial charge in [-0.3, -0.25) is 0 Å².